The molecule has 2 heterocycles. The number of aromatic amines is 1. The first-order valence-corrected chi connectivity index (χ1v) is 6.47. The molecule has 0 fully saturated rings. The lowest BCUT2D eigenvalue weighted by Gasteiger charge is -1.94. The van der Waals surface area contributed by atoms with Crippen LogP contribution in [0.15, 0.2) is 30.3 Å². The molecule has 0 aliphatic carbocycles. The van der Waals surface area contributed by atoms with Crippen molar-refractivity contribution in [2.45, 2.75) is 19.8 Å². The summed E-state index contributed by atoms with van der Waals surface area (Å²) in [5, 5.41) is 8.52. The van der Waals surface area contributed by atoms with Gasteiger partial charge >= 0.3 is 0 Å². The molecular weight excluding hydrogens is 230 g/mol. The Labute approximate surface area is 104 Å². The molecule has 0 aliphatic heterocycles. The van der Waals surface area contributed by atoms with E-state index in [1.807, 2.05) is 0 Å². The summed E-state index contributed by atoms with van der Waals surface area (Å²) >= 11 is 1.73. The normalized spacial score (nSPS) is 11.5. The van der Waals surface area contributed by atoms with Crippen LogP contribution in [0.25, 0.3) is 20.8 Å². The molecule has 17 heavy (non-hydrogen) atoms. The molecule has 0 spiro atoms. The predicted molar refractivity (Wildman–Crippen MR) is 71.3 cm³/mol. The number of nitrogens with zero attached hydrogens (tertiary/aromatic N) is 2. The highest BCUT2D eigenvalue weighted by molar-refractivity contribution is 7.22. The molecule has 0 aliphatic rings. The third kappa shape index (κ3) is 1.85. The van der Waals surface area contributed by atoms with Gasteiger partial charge in [-0.2, -0.15) is 5.10 Å². The third-order valence-corrected chi connectivity index (χ3v) is 3.81. The van der Waals surface area contributed by atoms with Crippen LogP contribution in [0.1, 0.15) is 25.6 Å². The summed E-state index contributed by atoms with van der Waals surface area (Å²) in [7, 11) is 0. The van der Waals surface area contributed by atoms with Crippen molar-refractivity contribution in [3.63, 3.8) is 0 Å². The molecular formula is C13H13N3S. The van der Waals surface area contributed by atoms with Crippen LogP contribution in [-0.2, 0) is 0 Å². The van der Waals surface area contributed by atoms with Crippen LogP contribution in [0.3, 0.4) is 0 Å². The topological polar surface area (TPSA) is 41.6 Å². The minimum atomic E-state index is 0.380. The van der Waals surface area contributed by atoms with Gasteiger partial charge in [0.05, 0.1) is 4.88 Å². The van der Waals surface area contributed by atoms with Crippen molar-refractivity contribution >= 4 is 21.4 Å². The standard InChI is InChI=1S/C13H13N3S/c1-8(2)12-14-13(16-15-12)11-7-9-5-3-4-6-10(9)17-11/h3-8H,1-2H3,(H,14,15,16). The van der Waals surface area contributed by atoms with Gasteiger partial charge in [0.25, 0.3) is 0 Å². The maximum atomic E-state index is 4.52. The van der Waals surface area contributed by atoms with Gasteiger partial charge in [-0.1, -0.05) is 32.0 Å². The SMILES string of the molecule is CC(C)c1nc(-c2cc3ccccc3s2)n[nH]1. The number of benzene rings is 1. The lowest BCUT2D eigenvalue weighted by Crippen LogP contribution is -1.89. The number of fused-ring (bicyclic) bond motifs is 1. The summed E-state index contributed by atoms with van der Waals surface area (Å²) in [6, 6.07) is 10.5. The van der Waals surface area contributed by atoms with E-state index in [1.165, 1.54) is 10.1 Å². The zero-order chi connectivity index (χ0) is 11.8. The molecule has 0 saturated carbocycles. The fourth-order valence-electron chi connectivity index (χ4n) is 1.73. The number of aromatic nitrogens is 3. The summed E-state index contributed by atoms with van der Waals surface area (Å²) < 4.78 is 1.28. The Bertz CT molecular complexity index is 618. The molecule has 3 aromatic rings. The van der Waals surface area contributed by atoms with Crippen LogP contribution in [0, 0.1) is 0 Å². The molecule has 0 saturated heterocycles. The average molecular weight is 243 g/mol. The highest BCUT2D eigenvalue weighted by atomic mass is 32.1. The van der Waals surface area contributed by atoms with E-state index in [-0.39, 0.29) is 0 Å². The van der Waals surface area contributed by atoms with Crippen molar-refractivity contribution in [3.05, 3.63) is 36.2 Å². The molecule has 0 atom stereocenters. The average Bonchev–Trinajstić information content (AvgIpc) is 2.95. The number of hydrogen-bond donors (Lipinski definition) is 1. The Morgan fingerprint density at radius 3 is 2.76 bits per heavy atom. The Hall–Kier alpha value is -1.68. The maximum Gasteiger partial charge on any atom is 0.191 e. The van der Waals surface area contributed by atoms with Crippen LogP contribution >= 0.6 is 11.3 Å². The van der Waals surface area contributed by atoms with Crippen molar-refractivity contribution in [3.8, 4) is 10.7 Å². The molecule has 1 N–H and O–H groups in total. The van der Waals surface area contributed by atoms with Crippen LogP contribution in [0.4, 0.5) is 0 Å². The van der Waals surface area contributed by atoms with Gasteiger partial charge in [-0.3, -0.25) is 5.10 Å². The van der Waals surface area contributed by atoms with E-state index in [9.17, 15) is 0 Å². The largest absolute Gasteiger partial charge is 0.262 e. The highest BCUT2D eigenvalue weighted by Gasteiger charge is 2.11. The van der Waals surface area contributed by atoms with E-state index in [1.54, 1.807) is 11.3 Å². The first kappa shape index (κ1) is 10.5. The van der Waals surface area contributed by atoms with Gasteiger partial charge in [-0.15, -0.1) is 11.3 Å². The summed E-state index contributed by atoms with van der Waals surface area (Å²) in [6.45, 7) is 4.21. The fraction of sp³-hybridized carbons (Fsp3) is 0.231. The van der Waals surface area contributed by atoms with Gasteiger partial charge in [0, 0.05) is 10.6 Å². The zero-order valence-electron chi connectivity index (χ0n) is 9.77. The van der Waals surface area contributed by atoms with Crippen LogP contribution in [0.2, 0.25) is 0 Å². The van der Waals surface area contributed by atoms with E-state index >= 15 is 0 Å². The maximum absolute atomic E-state index is 4.52. The molecule has 0 unspecified atom stereocenters. The predicted octanol–water partition coefficient (Wildman–Crippen LogP) is 3.81. The van der Waals surface area contributed by atoms with Crippen molar-refractivity contribution in [1.29, 1.82) is 0 Å². The second kappa shape index (κ2) is 3.96. The van der Waals surface area contributed by atoms with E-state index in [0.29, 0.717) is 5.92 Å². The number of thiophene rings is 1. The zero-order valence-corrected chi connectivity index (χ0v) is 10.6. The van der Waals surface area contributed by atoms with E-state index in [4.69, 9.17) is 0 Å². The van der Waals surface area contributed by atoms with E-state index in [2.05, 4.69) is 59.4 Å². The Kier molecular flexibility index (Phi) is 2.44. The van der Waals surface area contributed by atoms with E-state index in [0.717, 1.165) is 16.5 Å². The second-order valence-corrected chi connectivity index (χ2v) is 5.43. The number of hydrogen-bond acceptors (Lipinski definition) is 3. The quantitative estimate of drug-likeness (QED) is 0.743. The van der Waals surface area contributed by atoms with Crippen molar-refractivity contribution in [1.82, 2.24) is 15.2 Å². The second-order valence-electron chi connectivity index (χ2n) is 4.35. The molecule has 0 radical (unpaired) electrons. The van der Waals surface area contributed by atoms with Gasteiger partial charge < -0.3 is 0 Å². The van der Waals surface area contributed by atoms with Gasteiger partial charge in [-0.25, -0.2) is 4.98 Å². The number of H-pyrrole nitrogens is 1. The molecule has 0 bridgehead atoms. The number of nitrogens with one attached hydrogen (secondary N) is 1. The van der Waals surface area contributed by atoms with Crippen molar-refractivity contribution in [2.24, 2.45) is 0 Å². The third-order valence-electron chi connectivity index (χ3n) is 2.70. The van der Waals surface area contributed by atoms with Gasteiger partial charge in [-0.05, 0) is 17.5 Å². The van der Waals surface area contributed by atoms with Crippen LogP contribution in [0.5, 0.6) is 0 Å². The lowest BCUT2D eigenvalue weighted by atomic mass is 10.2. The van der Waals surface area contributed by atoms with Crippen molar-refractivity contribution < 1.29 is 0 Å². The minimum absolute atomic E-state index is 0.380. The minimum Gasteiger partial charge on any atom is -0.262 e. The lowest BCUT2D eigenvalue weighted by molar-refractivity contribution is 0.781. The van der Waals surface area contributed by atoms with Crippen molar-refractivity contribution in [2.75, 3.05) is 0 Å². The molecule has 1 aromatic carbocycles. The van der Waals surface area contributed by atoms with E-state index < -0.39 is 0 Å². The highest BCUT2D eigenvalue weighted by Crippen LogP contribution is 2.31. The molecule has 4 heteroatoms. The Morgan fingerprint density at radius 1 is 1.24 bits per heavy atom. The number of rotatable bonds is 2. The molecule has 0 amide bonds. The Morgan fingerprint density at radius 2 is 2.06 bits per heavy atom. The smallest absolute Gasteiger partial charge is 0.191 e. The Balaban J connectivity index is 2.07. The molecule has 2 aromatic heterocycles. The van der Waals surface area contributed by atoms with Gasteiger partial charge in [0.15, 0.2) is 5.82 Å². The summed E-state index contributed by atoms with van der Waals surface area (Å²) in [5.41, 5.74) is 0. The first-order valence-electron chi connectivity index (χ1n) is 5.65. The first-order chi connectivity index (χ1) is 8.24. The van der Waals surface area contributed by atoms with Crippen LogP contribution < -0.4 is 0 Å². The van der Waals surface area contributed by atoms with Gasteiger partial charge in [0.2, 0.25) is 0 Å². The monoisotopic (exact) mass is 243 g/mol. The summed E-state index contributed by atoms with van der Waals surface area (Å²) in [6.07, 6.45) is 0. The fourth-order valence-corrected chi connectivity index (χ4v) is 2.73. The van der Waals surface area contributed by atoms with Gasteiger partial charge in [0.1, 0.15) is 5.82 Å². The molecule has 86 valence electrons. The molecule has 3 nitrogen and oxygen atoms in total. The summed E-state index contributed by atoms with van der Waals surface area (Å²) in [5.74, 6) is 2.12. The van der Waals surface area contributed by atoms with Crippen LogP contribution in [-0.4, -0.2) is 15.2 Å². The molecule has 3 rings (SSSR count). The summed E-state index contributed by atoms with van der Waals surface area (Å²) in [4.78, 5) is 5.64.